The van der Waals surface area contributed by atoms with Gasteiger partial charge in [-0.25, -0.2) is 4.98 Å². The van der Waals surface area contributed by atoms with Crippen molar-refractivity contribution in [3.05, 3.63) is 24.4 Å². The molecular weight excluding hydrogens is 226 g/mol. The topological polar surface area (TPSA) is 37.4 Å². The van der Waals surface area contributed by atoms with Crippen LogP contribution in [0, 0.1) is 0 Å². The Hall–Kier alpha value is -1.13. The van der Waals surface area contributed by atoms with Gasteiger partial charge in [-0.15, -0.1) is 0 Å². The van der Waals surface area contributed by atoms with Crippen molar-refractivity contribution >= 4 is 5.82 Å². The third-order valence-electron chi connectivity index (χ3n) is 3.43. The smallest absolute Gasteiger partial charge is 0.128 e. The van der Waals surface area contributed by atoms with Crippen LogP contribution in [0.1, 0.15) is 19.3 Å². The summed E-state index contributed by atoms with van der Waals surface area (Å²) in [5, 5.41) is 3.60. The van der Waals surface area contributed by atoms with Crippen LogP contribution in [0.4, 0.5) is 5.82 Å². The SMILES string of the molecule is COCCCNC1CCN(c2ccccn2)CC1. The average molecular weight is 249 g/mol. The summed E-state index contributed by atoms with van der Waals surface area (Å²) in [4.78, 5) is 6.77. The van der Waals surface area contributed by atoms with E-state index in [4.69, 9.17) is 4.74 Å². The van der Waals surface area contributed by atoms with Gasteiger partial charge in [0, 0.05) is 39.0 Å². The molecule has 0 atom stereocenters. The molecule has 1 aliphatic rings. The molecule has 1 saturated heterocycles. The molecule has 4 nitrogen and oxygen atoms in total. The van der Waals surface area contributed by atoms with Crippen LogP contribution in [0.15, 0.2) is 24.4 Å². The summed E-state index contributed by atoms with van der Waals surface area (Å²) in [6.07, 6.45) is 5.36. The molecule has 2 rings (SSSR count). The monoisotopic (exact) mass is 249 g/mol. The standard InChI is InChI=1S/C14H23N3O/c1-18-12-4-9-15-13-6-10-17(11-7-13)14-5-2-3-8-16-14/h2-3,5,8,13,15H,4,6-7,9-12H2,1H3. The number of nitrogens with zero attached hydrogens (tertiary/aromatic N) is 2. The van der Waals surface area contributed by atoms with Gasteiger partial charge in [-0.1, -0.05) is 6.07 Å². The second-order valence-corrected chi connectivity index (χ2v) is 4.75. The van der Waals surface area contributed by atoms with E-state index in [1.807, 2.05) is 12.3 Å². The zero-order valence-corrected chi connectivity index (χ0v) is 11.1. The van der Waals surface area contributed by atoms with Gasteiger partial charge < -0.3 is 15.0 Å². The van der Waals surface area contributed by atoms with Crippen LogP contribution in [-0.4, -0.2) is 44.4 Å². The molecule has 1 aromatic rings. The number of hydrogen-bond acceptors (Lipinski definition) is 4. The van der Waals surface area contributed by atoms with E-state index in [-0.39, 0.29) is 0 Å². The average Bonchev–Trinajstić information content (AvgIpc) is 2.45. The van der Waals surface area contributed by atoms with Gasteiger partial charge in [0.05, 0.1) is 0 Å². The van der Waals surface area contributed by atoms with Gasteiger partial charge in [-0.2, -0.15) is 0 Å². The van der Waals surface area contributed by atoms with E-state index in [9.17, 15) is 0 Å². The highest BCUT2D eigenvalue weighted by atomic mass is 16.5. The molecule has 2 heterocycles. The lowest BCUT2D eigenvalue weighted by Crippen LogP contribution is -2.43. The molecule has 4 heteroatoms. The van der Waals surface area contributed by atoms with Crippen LogP contribution in [0.2, 0.25) is 0 Å². The Labute approximate surface area is 109 Å². The number of pyridine rings is 1. The first-order valence-electron chi connectivity index (χ1n) is 6.78. The highest BCUT2D eigenvalue weighted by Gasteiger charge is 2.19. The first-order chi connectivity index (χ1) is 8.90. The number of piperidine rings is 1. The molecule has 0 amide bonds. The number of nitrogens with one attached hydrogen (secondary N) is 1. The predicted molar refractivity (Wildman–Crippen MR) is 74.0 cm³/mol. The highest BCUT2D eigenvalue weighted by molar-refractivity contribution is 5.38. The lowest BCUT2D eigenvalue weighted by atomic mass is 10.0. The van der Waals surface area contributed by atoms with Crippen molar-refractivity contribution < 1.29 is 4.74 Å². The highest BCUT2D eigenvalue weighted by Crippen LogP contribution is 2.16. The Bertz CT molecular complexity index is 323. The minimum atomic E-state index is 0.654. The van der Waals surface area contributed by atoms with Crippen molar-refractivity contribution in [3.63, 3.8) is 0 Å². The summed E-state index contributed by atoms with van der Waals surface area (Å²) in [6, 6.07) is 6.76. The second-order valence-electron chi connectivity index (χ2n) is 4.75. The summed E-state index contributed by atoms with van der Waals surface area (Å²) >= 11 is 0. The third kappa shape index (κ3) is 3.96. The summed E-state index contributed by atoms with van der Waals surface area (Å²) in [7, 11) is 1.76. The molecule has 0 unspecified atom stereocenters. The van der Waals surface area contributed by atoms with Crippen molar-refractivity contribution in [3.8, 4) is 0 Å². The minimum absolute atomic E-state index is 0.654. The van der Waals surface area contributed by atoms with Crippen molar-refractivity contribution in [1.29, 1.82) is 0 Å². The Morgan fingerprint density at radius 2 is 2.22 bits per heavy atom. The number of anilines is 1. The molecular formula is C14H23N3O. The van der Waals surface area contributed by atoms with E-state index in [0.29, 0.717) is 6.04 Å². The molecule has 1 aliphatic heterocycles. The quantitative estimate of drug-likeness (QED) is 0.778. The lowest BCUT2D eigenvalue weighted by molar-refractivity contribution is 0.192. The zero-order valence-electron chi connectivity index (χ0n) is 11.1. The number of ether oxygens (including phenoxy) is 1. The molecule has 18 heavy (non-hydrogen) atoms. The molecule has 1 N–H and O–H groups in total. The maximum atomic E-state index is 5.05. The summed E-state index contributed by atoms with van der Waals surface area (Å²) < 4.78 is 5.05. The summed E-state index contributed by atoms with van der Waals surface area (Å²) in [5.41, 5.74) is 0. The molecule has 1 fully saturated rings. The molecule has 0 saturated carbocycles. The van der Waals surface area contributed by atoms with Gasteiger partial charge in [0.15, 0.2) is 0 Å². The maximum Gasteiger partial charge on any atom is 0.128 e. The Kier molecular flexibility index (Phi) is 5.42. The Morgan fingerprint density at radius 1 is 1.39 bits per heavy atom. The van der Waals surface area contributed by atoms with Crippen molar-refractivity contribution in [2.24, 2.45) is 0 Å². The predicted octanol–water partition coefficient (Wildman–Crippen LogP) is 1.68. The van der Waals surface area contributed by atoms with Gasteiger partial charge in [-0.3, -0.25) is 0 Å². The van der Waals surface area contributed by atoms with Crippen LogP contribution >= 0.6 is 0 Å². The maximum absolute atomic E-state index is 5.05. The van der Waals surface area contributed by atoms with Crippen molar-refractivity contribution in [1.82, 2.24) is 10.3 Å². The number of hydrogen-bond donors (Lipinski definition) is 1. The van der Waals surface area contributed by atoms with E-state index in [0.717, 1.165) is 38.5 Å². The molecule has 0 aromatic carbocycles. The zero-order chi connectivity index (χ0) is 12.6. The fourth-order valence-electron chi connectivity index (χ4n) is 2.38. The fraction of sp³-hybridized carbons (Fsp3) is 0.643. The normalized spacial score (nSPS) is 17.1. The second kappa shape index (κ2) is 7.34. The van der Waals surface area contributed by atoms with Crippen LogP contribution < -0.4 is 10.2 Å². The molecule has 100 valence electrons. The first kappa shape index (κ1) is 13.3. The van der Waals surface area contributed by atoms with Crippen LogP contribution in [0.5, 0.6) is 0 Å². The van der Waals surface area contributed by atoms with E-state index in [1.165, 1.54) is 12.8 Å². The number of rotatable bonds is 6. The molecule has 0 aliphatic carbocycles. The fourth-order valence-corrected chi connectivity index (χ4v) is 2.38. The third-order valence-corrected chi connectivity index (χ3v) is 3.43. The van der Waals surface area contributed by atoms with E-state index < -0.39 is 0 Å². The molecule has 0 bridgehead atoms. The van der Waals surface area contributed by atoms with Crippen molar-refractivity contribution in [2.45, 2.75) is 25.3 Å². The number of aromatic nitrogens is 1. The molecule has 1 aromatic heterocycles. The minimum Gasteiger partial charge on any atom is -0.385 e. The number of methoxy groups -OCH3 is 1. The first-order valence-corrected chi connectivity index (χ1v) is 6.78. The molecule has 0 spiro atoms. The van der Waals surface area contributed by atoms with E-state index in [1.54, 1.807) is 7.11 Å². The Morgan fingerprint density at radius 3 is 2.89 bits per heavy atom. The van der Waals surface area contributed by atoms with Crippen LogP contribution in [0.3, 0.4) is 0 Å². The van der Waals surface area contributed by atoms with Gasteiger partial charge in [0.25, 0.3) is 0 Å². The largest absolute Gasteiger partial charge is 0.385 e. The lowest BCUT2D eigenvalue weighted by Gasteiger charge is -2.33. The van der Waals surface area contributed by atoms with E-state index in [2.05, 4.69) is 27.3 Å². The van der Waals surface area contributed by atoms with Gasteiger partial charge >= 0.3 is 0 Å². The van der Waals surface area contributed by atoms with Crippen LogP contribution in [0.25, 0.3) is 0 Å². The van der Waals surface area contributed by atoms with Gasteiger partial charge in [-0.05, 0) is 37.9 Å². The summed E-state index contributed by atoms with van der Waals surface area (Å²) in [6.45, 7) is 4.10. The summed E-state index contributed by atoms with van der Waals surface area (Å²) in [5.74, 6) is 1.11. The van der Waals surface area contributed by atoms with Gasteiger partial charge in [0.2, 0.25) is 0 Å². The Balaban J connectivity index is 1.68. The van der Waals surface area contributed by atoms with Crippen molar-refractivity contribution in [2.75, 3.05) is 38.3 Å². The molecule has 0 radical (unpaired) electrons. The van der Waals surface area contributed by atoms with Crippen LogP contribution in [-0.2, 0) is 4.74 Å². The van der Waals surface area contributed by atoms with Gasteiger partial charge in [0.1, 0.15) is 5.82 Å². The van der Waals surface area contributed by atoms with E-state index >= 15 is 0 Å².